The maximum atomic E-state index is 6.35. The van der Waals surface area contributed by atoms with Crippen LogP contribution in [0.15, 0.2) is 60.8 Å². The normalized spacial score (nSPS) is 10.7. The predicted molar refractivity (Wildman–Crippen MR) is 85.3 cm³/mol. The summed E-state index contributed by atoms with van der Waals surface area (Å²) in [5, 5.41) is 0.999. The van der Waals surface area contributed by atoms with Gasteiger partial charge in [-0.2, -0.15) is 0 Å². The van der Waals surface area contributed by atoms with Crippen LogP contribution in [-0.2, 0) is 0 Å². The first-order valence-electron chi connectivity index (χ1n) is 6.77. The molecule has 3 aromatic rings. The van der Waals surface area contributed by atoms with Gasteiger partial charge in [0.2, 0.25) is 0 Å². The molecule has 0 spiro atoms. The molecule has 0 atom stereocenters. The van der Waals surface area contributed by atoms with Crippen molar-refractivity contribution in [1.29, 1.82) is 0 Å². The lowest BCUT2D eigenvalue weighted by atomic mass is 10.1. The highest BCUT2D eigenvalue weighted by atomic mass is 15.1. The maximum Gasteiger partial charge on any atom is 0.0724 e. The average Bonchev–Trinajstić information content (AvgIpc) is 2.51. The summed E-state index contributed by atoms with van der Waals surface area (Å²) >= 11 is 0. The zero-order valence-corrected chi connectivity index (χ0v) is 11.5. The highest BCUT2D eigenvalue weighted by Gasteiger charge is 2.12. The molecule has 20 heavy (non-hydrogen) atoms. The van der Waals surface area contributed by atoms with Crippen LogP contribution in [0.25, 0.3) is 10.9 Å². The molecule has 0 saturated heterocycles. The molecule has 1 aromatic heterocycles. The molecule has 0 fully saturated rings. The van der Waals surface area contributed by atoms with E-state index in [1.807, 2.05) is 42.5 Å². The Morgan fingerprint density at radius 3 is 2.55 bits per heavy atom. The molecule has 100 valence electrons. The molecular formula is C17H17N3. The lowest BCUT2D eigenvalue weighted by Crippen LogP contribution is -2.17. The van der Waals surface area contributed by atoms with Gasteiger partial charge < -0.3 is 10.6 Å². The Hall–Kier alpha value is -2.55. The first-order valence-corrected chi connectivity index (χ1v) is 6.77. The van der Waals surface area contributed by atoms with Crippen molar-refractivity contribution in [2.24, 2.45) is 0 Å². The van der Waals surface area contributed by atoms with Gasteiger partial charge in [-0.05, 0) is 43.3 Å². The van der Waals surface area contributed by atoms with Crippen molar-refractivity contribution in [1.82, 2.24) is 4.98 Å². The number of fused-ring (bicyclic) bond motifs is 1. The molecule has 0 aliphatic carbocycles. The summed E-state index contributed by atoms with van der Waals surface area (Å²) < 4.78 is 0. The highest BCUT2D eigenvalue weighted by Crippen LogP contribution is 2.34. The van der Waals surface area contributed by atoms with Crippen molar-refractivity contribution in [3.05, 3.63) is 60.8 Å². The van der Waals surface area contributed by atoms with Gasteiger partial charge in [0.05, 0.1) is 16.9 Å². The monoisotopic (exact) mass is 263 g/mol. The van der Waals surface area contributed by atoms with Crippen molar-refractivity contribution < 1.29 is 0 Å². The van der Waals surface area contributed by atoms with Gasteiger partial charge in [-0.1, -0.05) is 18.2 Å². The third-order valence-electron chi connectivity index (χ3n) is 3.48. The van der Waals surface area contributed by atoms with Gasteiger partial charge in [0.25, 0.3) is 0 Å². The number of pyridine rings is 1. The second kappa shape index (κ2) is 5.21. The molecule has 0 bridgehead atoms. The van der Waals surface area contributed by atoms with Crippen LogP contribution in [0.4, 0.5) is 17.1 Å². The molecule has 0 aliphatic heterocycles. The predicted octanol–water partition coefficient (Wildman–Crippen LogP) is 3.98. The second-order valence-electron chi connectivity index (χ2n) is 4.65. The second-order valence-corrected chi connectivity index (χ2v) is 4.65. The number of nitrogens with zero attached hydrogens (tertiary/aromatic N) is 2. The van der Waals surface area contributed by atoms with Crippen LogP contribution >= 0.6 is 0 Å². The van der Waals surface area contributed by atoms with Crippen molar-refractivity contribution in [3.63, 3.8) is 0 Å². The minimum Gasteiger partial charge on any atom is -0.396 e. The molecule has 0 radical (unpaired) electrons. The largest absolute Gasteiger partial charge is 0.396 e. The van der Waals surface area contributed by atoms with Gasteiger partial charge >= 0.3 is 0 Å². The van der Waals surface area contributed by atoms with E-state index in [2.05, 4.69) is 28.9 Å². The summed E-state index contributed by atoms with van der Waals surface area (Å²) in [5.41, 5.74) is 10.2. The number of aromatic nitrogens is 1. The smallest absolute Gasteiger partial charge is 0.0724 e. The molecule has 2 aromatic carbocycles. The summed E-state index contributed by atoms with van der Waals surface area (Å²) in [6.45, 7) is 2.99. The maximum absolute atomic E-state index is 6.35. The van der Waals surface area contributed by atoms with Crippen LogP contribution in [0.5, 0.6) is 0 Å². The minimum atomic E-state index is 0.779. The van der Waals surface area contributed by atoms with Crippen molar-refractivity contribution in [3.8, 4) is 0 Å². The lowest BCUT2D eigenvalue weighted by molar-refractivity contribution is 1.03. The minimum absolute atomic E-state index is 0.779. The lowest BCUT2D eigenvalue weighted by Gasteiger charge is -2.25. The van der Waals surface area contributed by atoms with Gasteiger partial charge in [0, 0.05) is 23.8 Å². The summed E-state index contributed by atoms with van der Waals surface area (Å²) in [6.07, 6.45) is 1.79. The number of benzene rings is 2. The fourth-order valence-corrected chi connectivity index (χ4v) is 2.50. The Morgan fingerprint density at radius 2 is 1.80 bits per heavy atom. The zero-order chi connectivity index (χ0) is 13.9. The number of anilines is 3. The van der Waals surface area contributed by atoms with E-state index >= 15 is 0 Å². The van der Waals surface area contributed by atoms with Gasteiger partial charge in [-0.3, -0.25) is 4.98 Å². The fraction of sp³-hybridized carbons (Fsp3) is 0.118. The van der Waals surface area contributed by atoms with Crippen LogP contribution < -0.4 is 10.6 Å². The van der Waals surface area contributed by atoms with Gasteiger partial charge in [-0.25, -0.2) is 0 Å². The third-order valence-corrected chi connectivity index (χ3v) is 3.48. The summed E-state index contributed by atoms with van der Waals surface area (Å²) in [4.78, 5) is 6.55. The van der Waals surface area contributed by atoms with Crippen LogP contribution in [0.1, 0.15) is 6.92 Å². The van der Waals surface area contributed by atoms with Crippen LogP contribution in [-0.4, -0.2) is 11.5 Å². The van der Waals surface area contributed by atoms with E-state index in [9.17, 15) is 0 Å². The Balaban J connectivity index is 2.15. The number of nitrogens with two attached hydrogens (primary N) is 1. The number of para-hydroxylation sites is 1. The number of rotatable bonds is 3. The highest BCUT2D eigenvalue weighted by molar-refractivity contribution is 5.98. The quantitative estimate of drug-likeness (QED) is 0.727. The van der Waals surface area contributed by atoms with E-state index in [1.54, 1.807) is 6.20 Å². The van der Waals surface area contributed by atoms with E-state index in [4.69, 9.17) is 5.73 Å². The summed E-state index contributed by atoms with van der Waals surface area (Å²) in [6, 6.07) is 18.3. The third kappa shape index (κ3) is 2.07. The Bertz CT molecular complexity index is 723. The van der Waals surface area contributed by atoms with E-state index in [0.29, 0.717) is 0 Å². The van der Waals surface area contributed by atoms with Gasteiger partial charge in [-0.15, -0.1) is 0 Å². The number of hydrogen-bond donors (Lipinski definition) is 1. The SMILES string of the molecule is CCN(c1ccccc1)c1ccc2ncccc2c1N. The summed E-state index contributed by atoms with van der Waals surface area (Å²) in [7, 11) is 0. The molecule has 0 saturated carbocycles. The Kier molecular flexibility index (Phi) is 3.25. The zero-order valence-electron chi connectivity index (χ0n) is 11.5. The van der Waals surface area contributed by atoms with Gasteiger partial charge in [0.1, 0.15) is 0 Å². The topological polar surface area (TPSA) is 42.2 Å². The van der Waals surface area contributed by atoms with Crippen molar-refractivity contribution in [2.75, 3.05) is 17.2 Å². The molecule has 0 unspecified atom stereocenters. The van der Waals surface area contributed by atoms with E-state index in [0.717, 1.165) is 34.5 Å². The average molecular weight is 263 g/mol. The Morgan fingerprint density at radius 1 is 1.00 bits per heavy atom. The van der Waals surface area contributed by atoms with Crippen molar-refractivity contribution in [2.45, 2.75) is 6.92 Å². The molecule has 0 amide bonds. The molecule has 3 nitrogen and oxygen atoms in total. The van der Waals surface area contributed by atoms with E-state index in [1.165, 1.54) is 0 Å². The number of hydrogen-bond acceptors (Lipinski definition) is 3. The molecule has 0 aliphatic rings. The molecule has 1 heterocycles. The van der Waals surface area contributed by atoms with Crippen molar-refractivity contribution >= 4 is 28.0 Å². The standard InChI is InChI=1S/C17H17N3/c1-2-20(13-7-4-3-5-8-13)16-11-10-15-14(17(16)18)9-6-12-19-15/h3-12H,2,18H2,1H3. The Labute approximate surface area is 118 Å². The molecular weight excluding hydrogens is 246 g/mol. The molecule has 3 heteroatoms. The van der Waals surface area contributed by atoms with E-state index in [-0.39, 0.29) is 0 Å². The molecule has 3 rings (SSSR count). The molecule has 2 N–H and O–H groups in total. The first kappa shape index (κ1) is 12.5. The number of nitrogen functional groups attached to an aromatic ring is 1. The van der Waals surface area contributed by atoms with Crippen LogP contribution in [0, 0.1) is 0 Å². The van der Waals surface area contributed by atoms with Crippen LogP contribution in [0.3, 0.4) is 0 Å². The first-order chi connectivity index (χ1) is 9.81. The van der Waals surface area contributed by atoms with E-state index < -0.39 is 0 Å². The summed E-state index contributed by atoms with van der Waals surface area (Å²) in [5.74, 6) is 0. The fourth-order valence-electron chi connectivity index (χ4n) is 2.50. The van der Waals surface area contributed by atoms with Crippen LogP contribution in [0.2, 0.25) is 0 Å². The van der Waals surface area contributed by atoms with Gasteiger partial charge in [0.15, 0.2) is 0 Å².